The Bertz CT molecular complexity index is 584. The predicted octanol–water partition coefficient (Wildman–Crippen LogP) is 1.54. The van der Waals surface area contributed by atoms with Gasteiger partial charge in [0.15, 0.2) is 5.11 Å². The highest BCUT2D eigenvalue weighted by Gasteiger charge is 2.26. The Kier molecular flexibility index (Phi) is 7.22. The van der Waals surface area contributed by atoms with Crippen molar-refractivity contribution in [1.82, 2.24) is 15.1 Å². The zero-order valence-corrected chi connectivity index (χ0v) is 16.0. The summed E-state index contributed by atoms with van der Waals surface area (Å²) in [5.74, 6) is 0.171. The van der Waals surface area contributed by atoms with Crippen LogP contribution in [-0.4, -0.2) is 73.3 Å². The minimum atomic E-state index is 0.0580. The molecule has 2 saturated heterocycles. The number of ether oxygens (including phenoxy) is 1. The van der Waals surface area contributed by atoms with E-state index < -0.39 is 0 Å². The fraction of sp³-hybridized carbons (Fsp3) is 0.579. The number of anilines is 1. The molecule has 1 aromatic rings. The largest absolute Gasteiger partial charge is 0.379 e. The van der Waals surface area contributed by atoms with Crippen LogP contribution in [0.1, 0.15) is 12.8 Å². The molecule has 0 saturated carbocycles. The zero-order valence-electron chi connectivity index (χ0n) is 15.2. The van der Waals surface area contributed by atoms with Crippen LogP contribution in [0, 0.1) is 5.92 Å². The van der Waals surface area contributed by atoms with E-state index in [-0.39, 0.29) is 11.8 Å². The van der Waals surface area contributed by atoms with E-state index in [4.69, 9.17) is 17.0 Å². The van der Waals surface area contributed by atoms with Crippen molar-refractivity contribution in [3.05, 3.63) is 30.3 Å². The molecule has 0 bridgehead atoms. The molecule has 2 aliphatic rings. The van der Waals surface area contributed by atoms with Crippen LogP contribution < -0.4 is 10.6 Å². The molecule has 0 aliphatic carbocycles. The van der Waals surface area contributed by atoms with E-state index >= 15 is 0 Å². The number of rotatable bonds is 5. The van der Waals surface area contributed by atoms with Crippen LogP contribution in [0.5, 0.6) is 0 Å². The van der Waals surface area contributed by atoms with Crippen LogP contribution in [0.4, 0.5) is 5.69 Å². The number of piperidine rings is 1. The maximum atomic E-state index is 12.4. The lowest BCUT2D eigenvalue weighted by Crippen LogP contribution is -2.48. The summed E-state index contributed by atoms with van der Waals surface area (Å²) in [5, 5.41) is 7.17. The Hall–Kier alpha value is -1.70. The van der Waals surface area contributed by atoms with Crippen LogP contribution in [0.25, 0.3) is 0 Å². The second kappa shape index (κ2) is 9.85. The van der Waals surface area contributed by atoms with Gasteiger partial charge in [-0.15, -0.1) is 0 Å². The number of morpholine rings is 1. The Morgan fingerprint density at radius 2 is 1.81 bits per heavy atom. The molecule has 2 fully saturated rings. The van der Waals surface area contributed by atoms with E-state index in [0.717, 1.165) is 76.1 Å². The van der Waals surface area contributed by atoms with E-state index in [0.29, 0.717) is 0 Å². The van der Waals surface area contributed by atoms with Crippen molar-refractivity contribution in [1.29, 1.82) is 0 Å². The van der Waals surface area contributed by atoms with Gasteiger partial charge >= 0.3 is 0 Å². The topological polar surface area (TPSA) is 56.8 Å². The summed E-state index contributed by atoms with van der Waals surface area (Å²) in [4.78, 5) is 17.0. The summed E-state index contributed by atoms with van der Waals surface area (Å²) in [6.45, 7) is 7.14. The number of hydrogen-bond acceptors (Lipinski definition) is 4. The van der Waals surface area contributed by atoms with E-state index in [1.54, 1.807) is 0 Å². The lowest BCUT2D eigenvalue weighted by Gasteiger charge is -2.34. The molecule has 1 amide bonds. The molecule has 0 spiro atoms. The number of carbonyl (C=O) groups is 1. The molecule has 0 radical (unpaired) electrons. The molecule has 2 heterocycles. The van der Waals surface area contributed by atoms with Crippen molar-refractivity contribution in [2.24, 2.45) is 5.92 Å². The third kappa shape index (κ3) is 5.65. The van der Waals surface area contributed by atoms with Gasteiger partial charge in [0.05, 0.1) is 13.2 Å². The smallest absolute Gasteiger partial charge is 0.227 e. The van der Waals surface area contributed by atoms with Gasteiger partial charge in [-0.25, -0.2) is 0 Å². The quantitative estimate of drug-likeness (QED) is 0.761. The van der Waals surface area contributed by atoms with Gasteiger partial charge in [0.2, 0.25) is 5.91 Å². The van der Waals surface area contributed by atoms with Crippen molar-refractivity contribution in [3.8, 4) is 0 Å². The third-order valence-electron chi connectivity index (χ3n) is 5.00. The number of likely N-dealkylation sites (tertiary alicyclic amines) is 1. The van der Waals surface area contributed by atoms with Gasteiger partial charge in [0.25, 0.3) is 0 Å². The summed E-state index contributed by atoms with van der Waals surface area (Å²) < 4.78 is 5.36. The Morgan fingerprint density at radius 1 is 1.12 bits per heavy atom. The first-order valence-electron chi connectivity index (χ1n) is 9.41. The van der Waals surface area contributed by atoms with E-state index in [2.05, 4.69) is 20.4 Å². The SMILES string of the molecule is O=C(Nc1ccccc1)C1CCN(C(=S)NCCN2CCOCC2)CC1. The molecule has 2 N–H and O–H groups in total. The van der Waals surface area contributed by atoms with Crippen molar-refractivity contribution < 1.29 is 9.53 Å². The molecule has 3 rings (SSSR count). The molecule has 2 aliphatic heterocycles. The first kappa shape index (κ1) is 19.1. The summed E-state index contributed by atoms with van der Waals surface area (Å²) >= 11 is 5.52. The average molecular weight is 377 g/mol. The molecule has 26 heavy (non-hydrogen) atoms. The van der Waals surface area contributed by atoms with E-state index in [9.17, 15) is 4.79 Å². The summed E-state index contributed by atoms with van der Waals surface area (Å²) in [7, 11) is 0. The normalized spacial score (nSPS) is 19.2. The maximum absolute atomic E-state index is 12.4. The minimum Gasteiger partial charge on any atom is -0.379 e. The summed E-state index contributed by atoms with van der Waals surface area (Å²) in [6.07, 6.45) is 1.67. The van der Waals surface area contributed by atoms with Gasteiger partial charge in [-0.3, -0.25) is 9.69 Å². The molecule has 1 aromatic carbocycles. The van der Waals surface area contributed by atoms with E-state index in [1.165, 1.54) is 0 Å². The van der Waals surface area contributed by atoms with Gasteiger partial charge < -0.3 is 20.3 Å². The molecule has 0 unspecified atom stereocenters. The number of nitrogens with one attached hydrogen (secondary N) is 2. The lowest BCUT2D eigenvalue weighted by atomic mass is 9.96. The summed E-state index contributed by atoms with van der Waals surface area (Å²) in [5.41, 5.74) is 0.861. The fourth-order valence-corrected chi connectivity index (χ4v) is 3.65. The van der Waals surface area contributed by atoms with Crippen molar-refractivity contribution in [3.63, 3.8) is 0 Å². The third-order valence-corrected chi connectivity index (χ3v) is 5.40. The number of nitrogens with zero attached hydrogens (tertiary/aromatic N) is 2. The Labute approximate surface area is 160 Å². The highest BCUT2D eigenvalue weighted by Crippen LogP contribution is 2.19. The second-order valence-corrected chi connectivity index (χ2v) is 7.19. The number of thiocarbonyl (C=S) groups is 1. The fourth-order valence-electron chi connectivity index (χ4n) is 3.37. The minimum absolute atomic E-state index is 0.0580. The predicted molar refractivity (Wildman–Crippen MR) is 107 cm³/mol. The van der Waals surface area contributed by atoms with E-state index in [1.807, 2.05) is 30.3 Å². The standard InChI is InChI=1S/C19H28N4O2S/c24-18(21-17-4-2-1-3-5-17)16-6-9-23(10-7-16)19(26)20-8-11-22-12-14-25-15-13-22/h1-5,16H,6-15H2,(H,20,26)(H,21,24). The molecule has 0 atom stereocenters. The maximum Gasteiger partial charge on any atom is 0.227 e. The number of para-hydroxylation sites is 1. The molecule has 0 aromatic heterocycles. The number of benzene rings is 1. The average Bonchev–Trinajstić information content (AvgIpc) is 2.69. The molecular formula is C19H28N4O2S. The van der Waals surface area contributed by atoms with Gasteiger partial charge in [-0.1, -0.05) is 18.2 Å². The molecule has 142 valence electrons. The highest BCUT2D eigenvalue weighted by atomic mass is 32.1. The van der Waals surface area contributed by atoms with Gasteiger partial charge in [-0.2, -0.15) is 0 Å². The zero-order chi connectivity index (χ0) is 18.2. The van der Waals surface area contributed by atoms with Gasteiger partial charge in [-0.05, 0) is 37.2 Å². The van der Waals surface area contributed by atoms with Crippen LogP contribution in [0.15, 0.2) is 30.3 Å². The van der Waals surface area contributed by atoms with Crippen LogP contribution in [0.2, 0.25) is 0 Å². The first-order valence-corrected chi connectivity index (χ1v) is 9.82. The van der Waals surface area contributed by atoms with Crippen LogP contribution in [-0.2, 0) is 9.53 Å². The van der Waals surface area contributed by atoms with Gasteiger partial charge in [0.1, 0.15) is 0 Å². The van der Waals surface area contributed by atoms with Crippen molar-refractivity contribution in [2.45, 2.75) is 12.8 Å². The van der Waals surface area contributed by atoms with Gasteiger partial charge in [0, 0.05) is 50.9 Å². The molecule has 6 nitrogen and oxygen atoms in total. The Balaban J connectivity index is 1.34. The number of carbonyl (C=O) groups excluding carboxylic acids is 1. The molecular weight excluding hydrogens is 348 g/mol. The van der Waals surface area contributed by atoms with Crippen LogP contribution in [0.3, 0.4) is 0 Å². The van der Waals surface area contributed by atoms with Crippen molar-refractivity contribution >= 4 is 28.9 Å². The highest BCUT2D eigenvalue weighted by molar-refractivity contribution is 7.80. The Morgan fingerprint density at radius 3 is 2.50 bits per heavy atom. The number of amides is 1. The summed E-state index contributed by atoms with van der Waals surface area (Å²) in [6, 6.07) is 9.64. The lowest BCUT2D eigenvalue weighted by molar-refractivity contribution is -0.120. The van der Waals surface area contributed by atoms with Crippen molar-refractivity contribution in [2.75, 3.05) is 57.8 Å². The monoisotopic (exact) mass is 376 g/mol. The number of hydrogen-bond donors (Lipinski definition) is 2. The molecule has 7 heteroatoms. The van der Waals surface area contributed by atoms with Crippen LogP contribution >= 0.6 is 12.2 Å². The first-order chi connectivity index (χ1) is 12.7. The second-order valence-electron chi connectivity index (χ2n) is 6.80.